The van der Waals surface area contributed by atoms with E-state index >= 15 is 0 Å². The number of aliphatic hydroxyl groups is 1. The Morgan fingerprint density at radius 3 is 1.15 bits per heavy atom. The van der Waals surface area contributed by atoms with Gasteiger partial charge in [-0.1, -0.05) is 78.1 Å². The molecular weight excluding hydrogens is 342 g/mol. The van der Waals surface area contributed by atoms with Crippen LogP contribution < -0.4 is 12.4 Å². The molecule has 0 atom stereocenters. The Labute approximate surface area is 172 Å². The van der Waals surface area contributed by atoms with E-state index in [2.05, 4.69) is 20.9 Å². The number of unbranched alkanes of at least 4 members (excludes halogenated alkanes) is 13. The van der Waals surface area contributed by atoms with Crippen LogP contribution in [-0.4, -0.2) is 42.9 Å². The molecule has 0 aromatic rings. The van der Waals surface area contributed by atoms with Crippen molar-refractivity contribution in [3.05, 3.63) is 0 Å². The second-order valence-electron chi connectivity index (χ2n) is 8.46. The highest BCUT2D eigenvalue weighted by molar-refractivity contribution is 4.50. The molecule has 0 fully saturated rings. The van der Waals surface area contributed by atoms with Gasteiger partial charge in [0.1, 0.15) is 0 Å². The number of aliphatic hydroxyl groups excluding tert-OH is 1. The smallest absolute Gasteiger partial charge is 0.0785 e. The van der Waals surface area contributed by atoms with Gasteiger partial charge in [-0.05, 0) is 38.5 Å². The number of nitrogens with zero attached hydrogens (tertiary/aromatic N) is 1. The number of hydrogen-bond donors (Lipinski definition) is 1. The third-order valence-corrected chi connectivity index (χ3v) is 5.71. The predicted octanol–water partition coefficient (Wildman–Crippen LogP) is 3.71. The van der Waals surface area contributed by atoms with E-state index in [0.717, 1.165) is 6.42 Å². The van der Waals surface area contributed by atoms with Gasteiger partial charge in [0.25, 0.3) is 0 Å². The summed E-state index contributed by atoms with van der Waals surface area (Å²) in [5.74, 6) is 0. The van der Waals surface area contributed by atoms with Crippen molar-refractivity contribution in [1.29, 1.82) is 0 Å². The Kier molecular flexibility index (Phi) is 23.5. The first-order valence-electron chi connectivity index (χ1n) is 11.6. The molecule has 26 heavy (non-hydrogen) atoms. The maximum absolute atomic E-state index is 9.09. The zero-order chi connectivity index (χ0) is 18.6. The first kappa shape index (κ1) is 28.4. The monoisotopic (exact) mass is 391 g/mol. The van der Waals surface area contributed by atoms with Gasteiger partial charge in [0.15, 0.2) is 0 Å². The number of halogens is 1. The van der Waals surface area contributed by atoms with Crippen LogP contribution in [0.5, 0.6) is 0 Å². The molecule has 0 aromatic carbocycles. The molecule has 0 spiro atoms. The van der Waals surface area contributed by atoms with Gasteiger partial charge in [-0.15, -0.1) is 0 Å². The van der Waals surface area contributed by atoms with Crippen molar-refractivity contribution in [3.8, 4) is 0 Å². The zero-order valence-electron chi connectivity index (χ0n) is 18.4. The van der Waals surface area contributed by atoms with Gasteiger partial charge in [0.05, 0.1) is 26.7 Å². The highest BCUT2D eigenvalue weighted by atomic mass is 35.5. The standard InChI is InChI=1S/C23H50NO.ClH/c1-4-6-8-10-12-14-16-20-24(3,22-18-19-23-25)21-17-15-13-11-9-7-5-2;/h25H,4-23H2,1-3H3;1H/q+1;/p-1. The van der Waals surface area contributed by atoms with Gasteiger partial charge >= 0.3 is 0 Å². The highest BCUT2D eigenvalue weighted by Gasteiger charge is 2.19. The molecule has 0 aliphatic rings. The minimum Gasteiger partial charge on any atom is -1.00 e. The topological polar surface area (TPSA) is 20.2 Å². The molecule has 1 N–H and O–H groups in total. The van der Waals surface area contributed by atoms with E-state index in [1.165, 1.54) is 120 Å². The van der Waals surface area contributed by atoms with E-state index in [-0.39, 0.29) is 12.4 Å². The van der Waals surface area contributed by atoms with Crippen LogP contribution in [0.2, 0.25) is 0 Å². The molecule has 0 saturated carbocycles. The molecular formula is C23H50ClNO. The fourth-order valence-corrected chi connectivity index (χ4v) is 3.84. The Morgan fingerprint density at radius 2 is 0.808 bits per heavy atom. The molecule has 0 heterocycles. The first-order valence-corrected chi connectivity index (χ1v) is 11.6. The SMILES string of the molecule is CCCCCCCCC[N+](C)(CCCCO)CCCCCCCCC.[Cl-]. The second-order valence-corrected chi connectivity index (χ2v) is 8.46. The minimum atomic E-state index is 0. The van der Waals surface area contributed by atoms with Crippen molar-refractivity contribution in [3.63, 3.8) is 0 Å². The number of rotatable bonds is 20. The van der Waals surface area contributed by atoms with Crippen LogP contribution in [0.25, 0.3) is 0 Å². The van der Waals surface area contributed by atoms with Gasteiger partial charge in [-0.3, -0.25) is 0 Å². The number of hydrogen-bond acceptors (Lipinski definition) is 1. The molecule has 0 aliphatic carbocycles. The van der Waals surface area contributed by atoms with Gasteiger partial charge in [0, 0.05) is 6.61 Å². The summed E-state index contributed by atoms with van der Waals surface area (Å²) in [5.41, 5.74) is 0. The fourth-order valence-electron chi connectivity index (χ4n) is 3.84. The molecule has 0 saturated heterocycles. The lowest BCUT2D eigenvalue weighted by Gasteiger charge is -2.35. The summed E-state index contributed by atoms with van der Waals surface area (Å²) < 4.78 is 1.24. The van der Waals surface area contributed by atoms with Crippen molar-refractivity contribution in [2.24, 2.45) is 0 Å². The third-order valence-electron chi connectivity index (χ3n) is 5.71. The van der Waals surface area contributed by atoms with E-state index in [4.69, 9.17) is 5.11 Å². The molecule has 0 unspecified atom stereocenters. The Balaban J connectivity index is 0. The lowest BCUT2D eigenvalue weighted by Crippen LogP contribution is -3.00. The lowest BCUT2D eigenvalue weighted by atomic mass is 10.1. The summed E-state index contributed by atoms with van der Waals surface area (Å²) in [7, 11) is 2.46. The van der Waals surface area contributed by atoms with Crippen LogP contribution in [0.4, 0.5) is 0 Å². The minimum absolute atomic E-state index is 0. The molecule has 0 radical (unpaired) electrons. The van der Waals surface area contributed by atoms with Crippen LogP contribution in [0, 0.1) is 0 Å². The van der Waals surface area contributed by atoms with Crippen molar-refractivity contribution in [2.45, 2.75) is 117 Å². The summed E-state index contributed by atoms with van der Waals surface area (Å²) in [6.45, 7) is 8.88. The van der Waals surface area contributed by atoms with Crippen molar-refractivity contribution in [1.82, 2.24) is 0 Å². The van der Waals surface area contributed by atoms with Gasteiger partial charge in [0.2, 0.25) is 0 Å². The summed E-state index contributed by atoms with van der Waals surface area (Å²) in [5, 5.41) is 9.09. The second kappa shape index (κ2) is 21.5. The molecule has 2 nitrogen and oxygen atoms in total. The van der Waals surface area contributed by atoms with Crippen LogP contribution in [0.3, 0.4) is 0 Å². The van der Waals surface area contributed by atoms with Gasteiger partial charge in [-0.25, -0.2) is 0 Å². The molecule has 0 aliphatic heterocycles. The maximum atomic E-state index is 9.09. The maximum Gasteiger partial charge on any atom is 0.0785 e. The fraction of sp³-hybridized carbons (Fsp3) is 1.00. The Hall–Kier alpha value is 0.210. The molecule has 0 aromatic heterocycles. The average molecular weight is 392 g/mol. The van der Waals surface area contributed by atoms with Crippen LogP contribution in [-0.2, 0) is 0 Å². The van der Waals surface area contributed by atoms with Gasteiger partial charge in [-0.2, -0.15) is 0 Å². The number of quaternary nitrogens is 1. The molecule has 0 amide bonds. The van der Waals surface area contributed by atoms with E-state index in [9.17, 15) is 0 Å². The molecule has 160 valence electrons. The summed E-state index contributed by atoms with van der Waals surface area (Å²) >= 11 is 0. The molecule has 3 heteroatoms. The van der Waals surface area contributed by atoms with Crippen LogP contribution >= 0.6 is 0 Å². The summed E-state index contributed by atoms with van der Waals surface area (Å²) in [6, 6.07) is 0. The lowest BCUT2D eigenvalue weighted by molar-refractivity contribution is -0.910. The normalized spacial score (nSPS) is 11.5. The third kappa shape index (κ3) is 19.0. The largest absolute Gasteiger partial charge is 1.00 e. The van der Waals surface area contributed by atoms with Crippen LogP contribution in [0.15, 0.2) is 0 Å². The molecule has 0 rings (SSSR count). The summed E-state index contributed by atoms with van der Waals surface area (Å²) in [6.07, 6.45) is 21.8. The Bertz CT molecular complexity index is 243. The Morgan fingerprint density at radius 1 is 0.500 bits per heavy atom. The quantitative estimate of drug-likeness (QED) is 0.248. The predicted molar refractivity (Wildman–Crippen MR) is 113 cm³/mol. The van der Waals surface area contributed by atoms with E-state index < -0.39 is 0 Å². The molecule has 0 bridgehead atoms. The van der Waals surface area contributed by atoms with Crippen molar-refractivity contribution >= 4 is 0 Å². The zero-order valence-corrected chi connectivity index (χ0v) is 19.2. The van der Waals surface area contributed by atoms with Crippen molar-refractivity contribution in [2.75, 3.05) is 33.3 Å². The average Bonchev–Trinajstić information content (AvgIpc) is 2.60. The van der Waals surface area contributed by atoms with E-state index in [1.807, 2.05) is 0 Å². The first-order chi connectivity index (χ1) is 12.2. The van der Waals surface area contributed by atoms with Crippen LogP contribution in [0.1, 0.15) is 117 Å². The van der Waals surface area contributed by atoms with Gasteiger partial charge < -0.3 is 22.0 Å². The highest BCUT2D eigenvalue weighted by Crippen LogP contribution is 2.15. The summed E-state index contributed by atoms with van der Waals surface area (Å²) in [4.78, 5) is 0. The van der Waals surface area contributed by atoms with E-state index in [1.54, 1.807) is 0 Å². The van der Waals surface area contributed by atoms with E-state index in [0.29, 0.717) is 6.61 Å². The van der Waals surface area contributed by atoms with Crippen molar-refractivity contribution < 1.29 is 22.0 Å².